The summed E-state index contributed by atoms with van der Waals surface area (Å²) in [6, 6.07) is 0.551. The quantitative estimate of drug-likeness (QED) is 0.665. The van der Waals surface area contributed by atoms with Crippen LogP contribution in [-0.4, -0.2) is 41.4 Å². The average Bonchev–Trinajstić information content (AvgIpc) is 3.06. The van der Waals surface area contributed by atoms with Gasteiger partial charge in [0.25, 0.3) is 10.0 Å². The number of aryl methyl sites for hydroxylation is 2. The molecule has 2 aromatic heterocycles. The van der Waals surface area contributed by atoms with Crippen LogP contribution in [0.2, 0.25) is 0 Å². The molecule has 0 saturated heterocycles. The highest BCUT2D eigenvalue weighted by atomic mass is 32.2. The summed E-state index contributed by atoms with van der Waals surface area (Å²) in [5.74, 6) is -0.317. The van der Waals surface area contributed by atoms with Crippen LogP contribution < -0.4 is 14.8 Å². The summed E-state index contributed by atoms with van der Waals surface area (Å²) < 4.78 is 32.4. The van der Waals surface area contributed by atoms with Crippen molar-refractivity contribution < 1.29 is 17.9 Å². The molecular formula is C17H17N5O4S3. The highest BCUT2D eigenvalue weighted by Gasteiger charge is 2.31. The van der Waals surface area contributed by atoms with Crippen molar-refractivity contribution >= 4 is 50.4 Å². The van der Waals surface area contributed by atoms with Crippen LogP contribution in [0.15, 0.2) is 34.6 Å². The van der Waals surface area contributed by atoms with Crippen molar-refractivity contribution in [1.29, 1.82) is 0 Å². The Hall–Kier alpha value is -2.70. The van der Waals surface area contributed by atoms with E-state index in [4.69, 9.17) is 17.0 Å². The molecule has 29 heavy (non-hydrogen) atoms. The molecule has 0 saturated carbocycles. The zero-order valence-electron chi connectivity index (χ0n) is 15.7. The van der Waals surface area contributed by atoms with Crippen LogP contribution in [0.5, 0.6) is 5.88 Å². The molecule has 2 heterocycles. The monoisotopic (exact) mass is 451 g/mol. The second-order valence-corrected chi connectivity index (χ2v) is 9.14. The van der Waals surface area contributed by atoms with Gasteiger partial charge in [0, 0.05) is 22.0 Å². The minimum Gasteiger partial charge on any atom is -0.481 e. The molecule has 0 radical (unpaired) electrons. The molecule has 1 atom stereocenters. The van der Waals surface area contributed by atoms with Gasteiger partial charge in [0.05, 0.1) is 23.7 Å². The number of thiazole rings is 1. The van der Waals surface area contributed by atoms with Gasteiger partial charge in [0.2, 0.25) is 11.8 Å². The standard InChI is InChI=1S/C17H17N5O4S3/c1-9-7-14(26-3)20-16(18-9)21-17(23)22-29(24,25)13-6-4-5-11(15(13)27)12-8-28-10(2)19-12/h4-8,11H,1-3H3,(H2,18,20,21,22,23). The SMILES string of the molecule is COc1cc(C)nc(NC(=O)NS(=O)(=O)C2=CC=CC(c3csc(C)n3)C2=S)n1. The molecule has 152 valence electrons. The predicted octanol–water partition coefficient (Wildman–Crippen LogP) is 2.62. The molecule has 1 aliphatic rings. The van der Waals surface area contributed by atoms with E-state index in [1.807, 2.05) is 17.0 Å². The van der Waals surface area contributed by atoms with Crippen molar-refractivity contribution in [2.75, 3.05) is 12.4 Å². The third-order valence-electron chi connectivity index (χ3n) is 3.81. The van der Waals surface area contributed by atoms with Gasteiger partial charge in [-0.3, -0.25) is 5.32 Å². The van der Waals surface area contributed by atoms with E-state index in [1.165, 1.54) is 24.5 Å². The summed E-state index contributed by atoms with van der Waals surface area (Å²) in [5.41, 5.74) is 1.21. The van der Waals surface area contributed by atoms with E-state index in [1.54, 1.807) is 25.1 Å². The number of urea groups is 1. The number of rotatable bonds is 5. The number of sulfonamides is 1. The second kappa shape index (κ2) is 8.35. The lowest BCUT2D eigenvalue weighted by Crippen LogP contribution is -2.38. The first kappa shape index (κ1) is 21.0. The van der Waals surface area contributed by atoms with Crippen molar-refractivity contribution in [3.63, 3.8) is 0 Å². The molecule has 3 rings (SSSR count). The van der Waals surface area contributed by atoms with Crippen molar-refractivity contribution in [1.82, 2.24) is 19.7 Å². The van der Waals surface area contributed by atoms with Crippen LogP contribution in [0.4, 0.5) is 10.7 Å². The summed E-state index contributed by atoms with van der Waals surface area (Å²) in [6.45, 7) is 3.54. The number of aromatic nitrogens is 3. The normalized spacial score (nSPS) is 16.3. The van der Waals surface area contributed by atoms with Gasteiger partial charge in [-0.2, -0.15) is 4.98 Å². The summed E-state index contributed by atoms with van der Waals surface area (Å²) in [4.78, 5) is 24.6. The Labute approximate surface area is 177 Å². The number of amides is 2. The fourth-order valence-corrected chi connectivity index (χ4v) is 4.86. The molecule has 2 aromatic rings. The maximum absolute atomic E-state index is 12.7. The lowest BCUT2D eigenvalue weighted by atomic mass is 9.98. The minimum atomic E-state index is -4.22. The zero-order valence-corrected chi connectivity index (χ0v) is 18.1. The van der Waals surface area contributed by atoms with E-state index in [9.17, 15) is 13.2 Å². The van der Waals surface area contributed by atoms with Crippen LogP contribution in [-0.2, 0) is 10.0 Å². The second-order valence-electron chi connectivity index (χ2n) is 5.98. The molecule has 0 spiro atoms. The van der Waals surface area contributed by atoms with Crippen molar-refractivity contribution in [2.24, 2.45) is 0 Å². The number of carbonyl (C=O) groups excluding carboxylic acids is 1. The Bertz CT molecular complexity index is 1140. The van der Waals surface area contributed by atoms with E-state index < -0.39 is 22.0 Å². The van der Waals surface area contributed by atoms with E-state index >= 15 is 0 Å². The van der Waals surface area contributed by atoms with Gasteiger partial charge >= 0.3 is 6.03 Å². The molecule has 0 bridgehead atoms. The molecule has 1 unspecified atom stereocenters. The van der Waals surface area contributed by atoms with Crippen LogP contribution in [0.25, 0.3) is 0 Å². The van der Waals surface area contributed by atoms with E-state index in [0.29, 0.717) is 11.4 Å². The number of hydrogen-bond acceptors (Lipinski definition) is 9. The Kier molecular flexibility index (Phi) is 6.05. The van der Waals surface area contributed by atoms with Gasteiger partial charge in [-0.05, 0) is 19.9 Å². The van der Waals surface area contributed by atoms with Crippen LogP contribution >= 0.6 is 23.6 Å². The Morgan fingerprint density at radius 3 is 2.69 bits per heavy atom. The summed E-state index contributed by atoms with van der Waals surface area (Å²) in [6.07, 6.45) is 4.69. The Morgan fingerprint density at radius 1 is 1.28 bits per heavy atom. The maximum Gasteiger partial charge on any atom is 0.335 e. The zero-order chi connectivity index (χ0) is 21.2. The van der Waals surface area contributed by atoms with Gasteiger partial charge in [-0.1, -0.05) is 24.4 Å². The number of carbonyl (C=O) groups is 1. The number of nitrogens with one attached hydrogen (secondary N) is 2. The van der Waals surface area contributed by atoms with E-state index in [0.717, 1.165) is 5.01 Å². The van der Waals surface area contributed by atoms with Crippen LogP contribution in [0, 0.1) is 13.8 Å². The number of allylic oxidation sites excluding steroid dienone is 4. The van der Waals surface area contributed by atoms with Gasteiger partial charge in [-0.25, -0.2) is 27.9 Å². The van der Waals surface area contributed by atoms with Gasteiger partial charge in [0.15, 0.2) is 0 Å². The number of hydrogen-bond donors (Lipinski definition) is 2. The first-order chi connectivity index (χ1) is 13.7. The molecular weight excluding hydrogens is 434 g/mol. The van der Waals surface area contributed by atoms with Crippen molar-refractivity contribution in [3.05, 3.63) is 51.0 Å². The van der Waals surface area contributed by atoms with Crippen molar-refractivity contribution in [2.45, 2.75) is 19.8 Å². The van der Waals surface area contributed by atoms with Gasteiger partial charge < -0.3 is 4.74 Å². The molecule has 12 heteroatoms. The lowest BCUT2D eigenvalue weighted by Gasteiger charge is -2.19. The molecule has 2 amide bonds. The van der Waals surface area contributed by atoms with Crippen LogP contribution in [0.3, 0.4) is 0 Å². The highest BCUT2D eigenvalue weighted by Crippen LogP contribution is 2.29. The topological polar surface area (TPSA) is 123 Å². The molecule has 2 N–H and O–H groups in total. The fraction of sp³-hybridized carbons (Fsp3) is 0.235. The summed E-state index contributed by atoms with van der Waals surface area (Å²) in [5, 5.41) is 4.96. The number of ether oxygens (including phenoxy) is 1. The first-order valence-corrected chi connectivity index (χ1v) is 11.0. The van der Waals surface area contributed by atoms with E-state index in [2.05, 4.69) is 20.3 Å². The van der Waals surface area contributed by atoms with E-state index in [-0.39, 0.29) is 21.6 Å². The summed E-state index contributed by atoms with van der Waals surface area (Å²) in [7, 11) is -2.80. The van der Waals surface area contributed by atoms with Crippen LogP contribution in [0.1, 0.15) is 22.3 Å². The van der Waals surface area contributed by atoms with Gasteiger partial charge in [0.1, 0.15) is 4.91 Å². The molecule has 9 nitrogen and oxygen atoms in total. The number of methoxy groups -OCH3 is 1. The largest absolute Gasteiger partial charge is 0.481 e. The van der Waals surface area contributed by atoms with Crippen molar-refractivity contribution in [3.8, 4) is 5.88 Å². The first-order valence-electron chi connectivity index (χ1n) is 8.28. The number of nitrogens with zero attached hydrogens (tertiary/aromatic N) is 3. The third-order valence-corrected chi connectivity index (χ3v) is 6.60. The Morgan fingerprint density at radius 2 is 2.03 bits per heavy atom. The maximum atomic E-state index is 12.7. The fourth-order valence-electron chi connectivity index (χ4n) is 2.56. The average molecular weight is 452 g/mol. The molecule has 0 fully saturated rings. The number of anilines is 1. The predicted molar refractivity (Wildman–Crippen MR) is 114 cm³/mol. The summed E-state index contributed by atoms with van der Waals surface area (Å²) >= 11 is 6.82. The third kappa shape index (κ3) is 4.83. The molecule has 1 aliphatic carbocycles. The molecule has 0 aliphatic heterocycles. The molecule has 0 aromatic carbocycles. The van der Waals surface area contributed by atoms with Gasteiger partial charge in [-0.15, -0.1) is 11.3 Å². The minimum absolute atomic E-state index is 0.0922. The smallest absolute Gasteiger partial charge is 0.335 e. The highest BCUT2D eigenvalue weighted by molar-refractivity contribution is 7.97. The number of thiocarbonyl (C=S) groups is 1. The Balaban J connectivity index is 1.76. The lowest BCUT2D eigenvalue weighted by molar-refractivity contribution is 0.256.